The summed E-state index contributed by atoms with van der Waals surface area (Å²) in [7, 11) is -4.86. The average molecular weight is 521 g/mol. The Balaban J connectivity index is 1.42. The van der Waals surface area contributed by atoms with Crippen molar-refractivity contribution in [1.29, 1.82) is 0 Å². The van der Waals surface area contributed by atoms with Gasteiger partial charge in [0.05, 0.1) is 37.3 Å². The molecular weight excluding hydrogens is 489 g/mol. The molecule has 0 aromatic carbocycles. The lowest BCUT2D eigenvalue weighted by Gasteiger charge is -2.33. The van der Waals surface area contributed by atoms with E-state index in [4.69, 9.17) is 9.47 Å². The second kappa shape index (κ2) is 9.81. The molecule has 1 amide bonds. The summed E-state index contributed by atoms with van der Waals surface area (Å²) in [5.74, 6) is -3.14. The van der Waals surface area contributed by atoms with Gasteiger partial charge in [-0.15, -0.1) is 0 Å². The molecule has 9 nitrogen and oxygen atoms in total. The van der Waals surface area contributed by atoms with Crippen molar-refractivity contribution in [3.8, 4) is 0 Å². The van der Waals surface area contributed by atoms with Crippen LogP contribution in [-0.2, 0) is 24.9 Å². The fraction of sp³-hybridized carbons (Fsp3) is 0.773. The number of carbonyl (C=O) groups is 1. The van der Waals surface area contributed by atoms with Gasteiger partial charge in [0.15, 0.2) is 5.82 Å². The Morgan fingerprint density at radius 3 is 2.57 bits per heavy atom. The monoisotopic (exact) mass is 520 g/mol. The van der Waals surface area contributed by atoms with Gasteiger partial charge >= 0.3 is 11.9 Å². The standard InChI is InChI=1S/C22H31F3N4O5S/c1-12(2)34-21(30)29-13(3)6-17(28-35(31,32)20(24)25)18(29)11-33-16-4-5-22(8-14(22)7-16)19-26-9-15(23)10-27-19/h9-10,12-14,16-18,20,28H,4-8,11H2,1-3H3/t13-,14+,16-,17+,18+,22+/m1/s1. The molecule has 0 radical (unpaired) electrons. The number of hydrogen-bond acceptors (Lipinski definition) is 7. The lowest BCUT2D eigenvalue weighted by Crippen LogP contribution is -2.51. The third-order valence-electron chi connectivity index (χ3n) is 7.25. The maximum Gasteiger partial charge on any atom is 0.410 e. The van der Waals surface area contributed by atoms with Gasteiger partial charge in [0, 0.05) is 17.5 Å². The van der Waals surface area contributed by atoms with E-state index in [1.54, 1.807) is 20.8 Å². The van der Waals surface area contributed by atoms with Gasteiger partial charge in [-0.3, -0.25) is 4.90 Å². The molecule has 3 fully saturated rings. The summed E-state index contributed by atoms with van der Waals surface area (Å²) in [6.07, 6.45) is 4.34. The molecule has 0 unspecified atom stereocenters. The Labute approximate surface area is 202 Å². The van der Waals surface area contributed by atoms with Crippen LogP contribution in [-0.4, -0.2) is 72.1 Å². The maximum atomic E-state index is 13.2. The van der Waals surface area contributed by atoms with Gasteiger partial charge in [-0.05, 0) is 58.8 Å². The van der Waals surface area contributed by atoms with Crippen molar-refractivity contribution in [2.24, 2.45) is 5.92 Å². The molecule has 2 heterocycles. The van der Waals surface area contributed by atoms with Crippen molar-refractivity contribution in [2.45, 2.75) is 94.4 Å². The van der Waals surface area contributed by atoms with E-state index in [1.165, 1.54) is 17.3 Å². The first kappa shape index (κ1) is 26.1. The fourth-order valence-electron chi connectivity index (χ4n) is 5.51. The van der Waals surface area contributed by atoms with Crippen LogP contribution in [0.3, 0.4) is 0 Å². The average Bonchev–Trinajstić information content (AvgIpc) is 3.42. The van der Waals surface area contributed by atoms with Crippen LogP contribution in [0.4, 0.5) is 18.0 Å². The first-order valence-electron chi connectivity index (χ1n) is 11.8. The summed E-state index contributed by atoms with van der Waals surface area (Å²) in [5, 5.41) is 0. The van der Waals surface area contributed by atoms with E-state index in [1.807, 2.05) is 0 Å². The molecule has 4 rings (SSSR count). The van der Waals surface area contributed by atoms with Crippen molar-refractivity contribution in [2.75, 3.05) is 6.61 Å². The zero-order valence-corrected chi connectivity index (χ0v) is 20.7. The molecule has 1 aliphatic heterocycles. The van der Waals surface area contributed by atoms with Gasteiger partial charge < -0.3 is 9.47 Å². The van der Waals surface area contributed by atoms with Crippen molar-refractivity contribution in [1.82, 2.24) is 19.6 Å². The number of likely N-dealkylation sites (tertiary alicyclic amines) is 1. The van der Waals surface area contributed by atoms with Gasteiger partial charge in [0.1, 0.15) is 5.82 Å². The van der Waals surface area contributed by atoms with Gasteiger partial charge in [-0.1, -0.05) is 0 Å². The number of nitrogens with one attached hydrogen (secondary N) is 1. The molecule has 35 heavy (non-hydrogen) atoms. The molecule has 2 saturated carbocycles. The Morgan fingerprint density at radius 1 is 1.29 bits per heavy atom. The van der Waals surface area contributed by atoms with E-state index in [2.05, 4.69) is 14.7 Å². The van der Waals surface area contributed by atoms with Crippen molar-refractivity contribution >= 4 is 16.1 Å². The zero-order valence-electron chi connectivity index (χ0n) is 19.9. The second-order valence-corrected chi connectivity index (χ2v) is 11.7. The number of nitrogens with zero attached hydrogens (tertiary/aromatic N) is 3. The molecule has 1 aromatic heterocycles. The van der Waals surface area contributed by atoms with Gasteiger partial charge in [-0.2, -0.15) is 8.78 Å². The smallest absolute Gasteiger partial charge is 0.410 e. The summed E-state index contributed by atoms with van der Waals surface area (Å²) < 4.78 is 76.5. The van der Waals surface area contributed by atoms with E-state index >= 15 is 0 Å². The summed E-state index contributed by atoms with van der Waals surface area (Å²) >= 11 is 0. The normalized spacial score (nSPS) is 32.7. The molecule has 13 heteroatoms. The van der Waals surface area contributed by atoms with Crippen LogP contribution in [0.1, 0.15) is 58.7 Å². The number of ether oxygens (including phenoxy) is 2. The Morgan fingerprint density at radius 2 is 1.97 bits per heavy atom. The molecule has 1 saturated heterocycles. The first-order chi connectivity index (χ1) is 16.4. The number of hydrogen-bond donors (Lipinski definition) is 1. The highest BCUT2D eigenvalue weighted by Crippen LogP contribution is 2.61. The van der Waals surface area contributed by atoms with Crippen LogP contribution in [0.5, 0.6) is 0 Å². The molecular formula is C22H31F3N4O5S. The fourth-order valence-corrected chi connectivity index (χ4v) is 6.29. The third-order valence-corrected chi connectivity index (χ3v) is 8.35. The number of aromatic nitrogens is 2. The minimum atomic E-state index is -4.86. The van der Waals surface area contributed by atoms with E-state index in [-0.39, 0.29) is 30.5 Å². The predicted octanol–water partition coefficient (Wildman–Crippen LogP) is 2.96. The number of sulfonamides is 1. The Kier molecular flexibility index (Phi) is 7.31. The SMILES string of the molecule is CC(C)OC(=O)N1[C@H](C)C[C@H](NS(=O)(=O)C(F)F)[C@@H]1CO[C@@H]1CC[C@]2(c3ncc(F)cn3)C[C@@H]2C1. The van der Waals surface area contributed by atoms with Crippen molar-refractivity contribution < 1.29 is 35.9 Å². The van der Waals surface area contributed by atoms with Crippen LogP contribution >= 0.6 is 0 Å². The summed E-state index contributed by atoms with van der Waals surface area (Å²) in [6.45, 7) is 5.07. The molecule has 2 aliphatic carbocycles. The quantitative estimate of drug-likeness (QED) is 0.561. The predicted molar refractivity (Wildman–Crippen MR) is 119 cm³/mol. The summed E-state index contributed by atoms with van der Waals surface area (Å²) in [6, 6.07) is -2.16. The minimum absolute atomic E-state index is 0.0224. The number of rotatable bonds is 8. The molecule has 1 N–H and O–H groups in total. The highest BCUT2D eigenvalue weighted by Gasteiger charge is 2.60. The minimum Gasteiger partial charge on any atom is -0.447 e. The maximum absolute atomic E-state index is 13.2. The number of halogens is 3. The molecule has 196 valence electrons. The summed E-state index contributed by atoms with van der Waals surface area (Å²) in [4.78, 5) is 22.4. The van der Waals surface area contributed by atoms with Gasteiger partial charge in [-0.25, -0.2) is 32.3 Å². The van der Waals surface area contributed by atoms with E-state index in [9.17, 15) is 26.4 Å². The lowest BCUT2D eigenvalue weighted by atomic mass is 9.86. The summed E-state index contributed by atoms with van der Waals surface area (Å²) in [5.41, 5.74) is -0.169. The Bertz CT molecular complexity index is 1030. The highest BCUT2D eigenvalue weighted by atomic mass is 32.2. The third kappa shape index (κ3) is 5.41. The molecule has 0 bridgehead atoms. The molecule has 0 spiro atoms. The Hall–Kier alpha value is -1.99. The van der Waals surface area contributed by atoms with Crippen LogP contribution in [0.15, 0.2) is 12.4 Å². The van der Waals surface area contributed by atoms with Crippen LogP contribution < -0.4 is 4.72 Å². The largest absolute Gasteiger partial charge is 0.447 e. The van der Waals surface area contributed by atoms with Crippen LogP contribution in [0.25, 0.3) is 0 Å². The van der Waals surface area contributed by atoms with Crippen LogP contribution in [0, 0.1) is 11.7 Å². The lowest BCUT2D eigenvalue weighted by molar-refractivity contribution is -0.0148. The first-order valence-corrected chi connectivity index (χ1v) is 13.4. The van der Waals surface area contributed by atoms with Gasteiger partial charge in [0.2, 0.25) is 0 Å². The van der Waals surface area contributed by atoms with Crippen molar-refractivity contribution in [3.05, 3.63) is 24.0 Å². The molecule has 3 aliphatic rings. The molecule has 1 aromatic rings. The van der Waals surface area contributed by atoms with E-state index in [0.29, 0.717) is 18.7 Å². The van der Waals surface area contributed by atoms with Crippen LogP contribution in [0.2, 0.25) is 0 Å². The topological polar surface area (TPSA) is 111 Å². The van der Waals surface area contributed by atoms with Crippen molar-refractivity contribution in [3.63, 3.8) is 0 Å². The molecule has 6 atom stereocenters. The van der Waals surface area contributed by atoms with E-state index < -0.39 is 51.9 Å². The van der Waals surface area contributed by atoms with E-state index in [0.717, 1.165) is 12.8 Å². The number of carbonyl (C=O) groups excluding carboxylic acids is 1. The van der Waals surface area contributed by atoms with Gasteiger partial charge in [0.25, 0.3) is 10.0 Å². The number of alkyl halides is 2. The number of fused-ring (bicyclic) bond motifs is 1. The number of amides is 1. The zero-order chi connectivity index (χ0) is 25.5. The second-order valence-electron chi connectivity index (χ2n) is 10.0. The highest BCUT2D eigenvalue weighted by molar-refractivity contribution is 7.89.